The zero-order valence-corrected chi connectivity index (χ0v) is 15.3. The number of carbonyl (C=O) groups is 2. The summed E-state index contributed by atoms with van der Waals surface area (Å²) >= 11 is 0. The Morgan fingerprint density at radius 3 is 2.15 bits per heavy atom. The predicted molar refractivity (Wildman–Crippen MR) is 97.7 cm³/mol. The zero-order chi connectivity index (χ0) is 19.3. The van der Waals surface area contributed by atoms with Crippen molar-refractivity contribution in [3.05, 3.63) is 59.2 Å². The number of nitrogens with one attached hydrogen (secondary N) is 1. The van der Waals surface area contributed by atoms with E-state index in [0.29, 0.717) is 22.6 Å². The van der Waals surface area contributed by atoms with E-state index >= 15 is 0 Å². The van der Waals surface area contributed by atoms with Crippen molar-refractivity contribution in [2.75, 3.05) is 14.2 Å². The molecule has 2 rings (SSSR count). The van der Waals surface area contributed by atoms with Gasteiger partial charge in [-0.05, 0) is 37.1 Å². The van der Waals surface area contributed by atoms with Crippen LogP contribution in [0, 0.1) is 12.8 Å². The van der Waals surface area contributed by atoms with E-state index in [4.69, 9.17) is 9.47 Å². The Balaban J connectivity index is 2.37. The average Bonchev–Trinajstić information content (AvgIpc) is 2.65. The third kappa shape index (κ3) is 4.14. The summed E-state index contributed by atoms with van der Waals surface area (Å²) in [7, 11) is 3.02. The number of ether oxygens (including phenoxy) is 2. The summed E-state index contributed by atoms with van der Waals surface area (Å²) in [5.41, 5.74) is 1.84. The molecular formula is C20H23NO5. The number of aliphatic carboxylic acids is 1. The third-order valence-electron chi connectivity index (χ3n) is 4.31. The van der Waals surface area contributed by atoms with Crippen molar-refractivity contribution in [2.24, 2.45) is 5.92 Å². The number of methoxy groups -OCH3 is 2. The van der Waals surface area contributed by atoms with Crippen LogP contribution in [-0.4, -0.2) is 31.2 Å². The van der Waals surface area contributed by atoms with Crippen molar-refractivity contribution in [3.8, 4) is 11.5 Å². The predicted octanol–water partition coefficient (Wildman–Crippen LogP) is 3.20. The SMILES string of the molecule is COc1cc(C)c(C(=O)NC(c2ccccc2)C(C)C(=O)O)cc1OC. The molecule has 2 aromatic rings. The highest BCUT2D eigenvalue weighted by Crippen LogP contribution is 2.31. The van der Waals surface area contributed by atoms with E-state index in [9.17, 15) is 14.7 Å². The minimum absolute atomic E-state index is 0.370. The van der Waals surface area contributed by atoms with Crippen LogP contribution in [0.25, 0.3) is 0 Å². The molecule has 0 saturated heterocycles. The fraction of sp³-hybridized carbons (Fsp3) is 0.300. The number of hydrogen-bond acceptors (Lipinski definition) is 4. The summed E-state index contributed by atoms with van der Waals surface area (Å²) < 4.78 is 10.5. The maximum Gasteiger partial charge on any atom is 0.308 e. The van der Waals surface area contributed by atoms with Crippen LogP contribution < -0.4 is 14.8 Å². The van der Waals surface area contributed by atoms with Crippen molar-refractivity contribution in [3.63, 3.8) is 0 Å². The van der Waals surface area contributed by atoms with Gasteiger partial charge in [0.15, 0.2) is 11.5 Å². The van der Waals surface area contributed by atoms with Gasteiger partial charge >= 0.3 is 5.97 Å². The zero-order valence-electron chi connectivity index (χ0n) is 15.3. The lowest BCUT2D eigenvalue weighted by molar-refractivity contribution is -0.142. The van der Waals surface area contributed by atoms with Crippen molar-refractivity contribution >= 4 is 11.9 Å². The molecule has 0 spiro atoms. The molecule has 2 N–H and O–H groups in total. The van der Waals surface area contributed by atoms with Gasteiger partial charge in [-0.15, -0.1) is 0 Å². The third-order valence-corrected chi connectivity index (χ3v) is 4.31. The molecule has 0 saturated carbocycles. The van der Waals surface area contributed by atoms with Gasteiger partial charge in [-0.3, -0.25) is 9.59 Å². The molecule has 6 heteroatoms. The molecule has 2 unspecified atom stereocenters. The van der Waals surface area contributed by atoms with E-state index in [-0.39, 0.29) is 5.91 Å². The van der Waals surface area contributed by atoms with Gasteiger partial charge in [0.05, 0.1) is 26.2 Å². The molecule has 0 heterocycles. The topological polar surface area (TPSA) is 84.9 Å². The highest BCUT2D eigenvalue weighted by molar-refractivity contribution is 5.97. The molecule has 138 valence electrons. The van der Waals surface area contributed by atoms with Crippen LogP contribution in [-0.2, 0) is 4.79 Å². The second kappa shape index (κ2) is 8.38. The van der Waals surface area contributed by atoms with E-state index in [1.54, 1.807) is 38.1 Å². The molecule has 1 amide bonds. The summed E-state index contributed by atoms with van der Waals surface area (Å²) in [5.74, 6) is -1.18. The standard InChI is InChI=1S/C20H23NO5/c1-12-10-16(25-3)17(26-4)11-15(12)19(22)21-18(13(2)20(23)24)14-8-6-5-7-9-14/h5-11,13,18H,1-4H3,(H,21,22)(H,23,24). The van der Waals surface area contributed by atoms with Crippen LogP contribution in [0.1, 0.15) is 34.5 Å². The number of hydrogen-bond donors (Lipinski definition) is 2. The van der Waals surface area contributed by atoms with Gasteiger partial charge in [-0.25, -0.2) is 0 Å². The first-order valence-electron chi connectivity index (χ1n) is 8.20. The van der Waals surface area contributed by atoms with Gasteiger partial charge in [0.25, 0.3) is 5.91 Å². The van der Waals surface area contributed by atoms with Crippen molar-refractivity contribution < 1.29 is 24.2 Å². The Morgan fingerprint density at radius 2 is 1.62 bits per heavy atom. The number of carboxylic acid groups (broad SMARTS) is 1. The quantitative estimate of drug-likeness (QED) is 0.795. The van der Waals surface area contributed by atoms with E-state index in [1.165, 1.54) is 14.2 Å². The Morgan fingerprint density at radius 1 is 1.04 bits per heavy atom. The molecule has 0 aromatic heterocycles. The van der Waals surface area contributed by atoms with Crippen LogP contribution in [0.15, 0.2) is 42.5 Å². The first-order valence-corrected chi connectivity index (χ1v) is 8.20. The maximum atomic E-state index is 12.8. The van der Waals surface area contributed by atoms with Gasteiger partial charge in [-0.1, -0.05) is 30.3 Å². The summed E-state index contributed by atoms with van der Waals surface area (Å²) in [6, 6.07) is 11.7. The highest BCUT2D eigenvalue weighted by Gasteiger charge is 2.28. The Hall–Kier alpha value is -3.02. The number of carboxylic acids is 1. The van der Waals surface area contributed by atoms with Crippen LogP contribution in [0.5, 0.6) is 11.5 Å². The molecule has 0 aliphatic rings. The largest absolute Gasteiger partial charge is 0.493 e. The number of amides is 1. The first-order chi connectivity index (χ1) is 12.4. The lowest BCUT2D eigenvalue weighted by Crippen LogP contribution is -2.35. The smallest absolute Gasteiger partial charge is 0.308 e. The second-order valence-corrected chi connectivity index (χ2v) is 6.01. The van der Waals surface area contributed by atoms with Crippen LogP contribution in [0.4, 0.5) is 0 Å². The molecule has 6 nitrogen and oxygen atoms in total. The molecule has 26 heavy (non-hydrogen) atoms. The normalized spacial score (nSPS) is 12.8. The molecule has 0 bridgehead atoms. The van der Waals surface area contributed by atoms with Gasteiger partial charge < -0.3 is 19.9 Å². The van der Waals surface area contributed by atoms with Gasteiger partial charge in [0.2, 0.25) is 0 Å². The van der Waals surface area contributed by atoms with Crippen molar-refractivity contribution in [1.82, 2.24) is 5.32 Å². The molecule has 0 aliphatic carbocycles. The van der Waals surface area contributed by atoms with Crippen LogP contribution in [0.2, 0.25) is 0 Å². The number of carbonyl (C=O) groups excluding carboxylic acids is 1. The second-order valence-electron chi connectivity index (χ2n) is 6.01. The van der Waals surface area contributed by atoms with E-state index in [2.05, 4.69) is 5.32 Å². The summed E-state index contributed by atoms with van der Waals surface area (Å²) in [5, 5.41) is 12.3. The van der Waals surface area contributed by atoms with Gasteiger partial charge in [-0.2, -0.15) is 0 Å². The van der Waals surface area contributed by atoms with Gasteiger partial charge in [0, 0.05) is 5.56 Å². The Labute approximate surface area is 152 Å². The number of rotatable bonds is 7. The Bertz CT molecular complexity index is 788. The first kappa shape index (κ1) is 19.3. The van der Waals surface area contributed by atoms with Crippen molar-refractivity contribution in [2.45, 2.75) is 19.9 Å². The molecule has 2 atom stereocenters. The molecule has 2 aromatic carbocycles. The molecular weight excluding hydrogens is 334 g/mol. The summed E-state index contributed by atoms with van der Waals surface area (Å²) in [6.07, 6.45) is 0. The van der Waals surface area contributed by atoms with E-state index in [0.717, 1.165) is 5.56 Å². The highest BCUT2D eigenvalue weighted by atomic mass is 16.5. The van der Waals surface area contributed by atoms with Crippen molar-refractivity contribution in [1.29, 1.82) is 0 Å². The monoisotopic (exact) mass is 357 g/mol. The van der Waals surface area contributed by atoms with Crippen LogP contribution in [0.3, 0.4) is 0 Å². The molecule has 0 radical (unpaired) electrons. The summed E-state index contributed by atoms with van der Waals surface area (Å²) in [4.78, 5) is 24.3. The number of aryl methyl sites for hydroxylation is 1. The average molecular weight is 357 g/mol. The minimum Gasteiger partial charge on any atom is -0.493 e. The minimum atomic E-state index is -0.983. The van der Waals surface area contributed by atoms with E-state index < -0.39 is 17.9 Å². The van der Waals surface area contributed by atoms with E-state index in [1.807, 2.05) is 18.2 Å². The lowest BCUT2D eigenvalue weighted by atomic mass is 9.94. The Kier molecular flexibility index (Phi) is 6.22. The van der Waals surface area contributed by atoms with Crippen LogP contribution >= 0.6 is 0 Å². The molecule has 0 aliphatic heterocycles. The molecule has 0 fully saturated rings. The maximum absolute atomic E-state index is 12.8. The number of benzene rings is 2. The summed E-state index contributed by atoms with van der Waals surface area (Å²) in [6.45, 7) is 3.36. The lowest BCUT2D eigenvalue weighted by Gasteiger charge is -2.23. The van der Waals surface area contributed by atoms with Gasteiger partial charge in [0.1, 0.15) is 0 Å². The fourth-order valence-electron chi connectivity index (χ4n) is 2.74. The fourth-order valence-corrected chi connectivity index (χ4v) is 2.74.